The normalized spacial score (nSPS) is 32.5. The maximum absolute atomic E-state index is 12.9. The zero-order chi connectivity index (χ0) is 18.4. The molecule has 1 N–H and O–H groups in total. The number of rotatable bonds is 5. The van der Waals surface area contributed by atoms with Gasteiger partial charge in [-0.2, -0.15) is 0 Å². The maximum Gasteiger partial charge on any atom is 0.226 e. The zero-order valence-electron chi connectivity index (χ0n) is 16.5. The largest absolute Gasteiger partial charge is 0.492 e. The predicted octanol–water partition coefficient (Wildman–Crippen LogP) is 4.70. The van der Waals surface area contributed by atoms with Crippen LogP contribution in [0, 0.1) is 23.2 Å². The Balaban J connectivity index is 1.26. The third kappa shape index (κ3) is 3.50. The summed E-state index contributed by atoms with van der Waals surface area (Å²) < 4.78 is 5.83. The molecule has 142 valence electrons. The average Bonchev–Trinajstić information content (AvgIpc) is 2.57. The van der Waals surface area contributed by atoms with Crippen LogP contribution in [0.3, 0.4) is 0 Å². The van der Waals surface area contributed by atoms with Gasteiger partial charge in [0, 0.05) is 5.41 Å². The molecule has 3 heteroatoms. The Morgan fingerprint density at radius 1 is 1.04 bits per heavy atom. The molecule has 0 heterocycles. The molecule has 4 aliphatic carbocycles. The maximum atomic E-state index is 12.9. The Morgan fingerprint density at radius 2 is 1.58 bits per heavy atom. The van der Waals surface area contributed by atoms with Gasteiger partial charge in [-0.15, -0.1) is 0 Å². The molecular weight excluding hydrogens is 322 g/mol. The second-order valence-electron chi connectivity index (χ2n) is 10.1. The van der Waals surface area contributed by atoms with E-state index in [1.807, 2.05) is 12.1 Å². The van der Waals surface area contributed by atoms with Crippen molar-refractivity contribution in [3.63, 3.8) is 0 Å². The predicted molar refractivity (Wildman–Crippen MR) is 104 cm³/mol. The monoisotopic (exact) mass is 355 g/mol. The summed E-state index contributed by atoms with van der Waals surface area (Å²) in [5.41, 5.74) is 1.41. The Hall–Kier alpha value is -1.51. The summed E-state index contributed by atoms with van der Waals surface area (Å²) in [6, 6.07) is 8.32. The summed E-state index contributed by atoms with van der Waals surface area (Å²) in [4.78, 5) is 12.9. The van der Waals surface area contributed by atoms with E-state index in [0.29, 0.717) is 19.1 Å². The first-order chi connectivity index (χ1) is 12.3. The van der Waals surface area contributed by atoms with Crippen LogP contribution in [0.1, 0.15) is 64.9 Å². The lowest BCUT2D eigenvalue weighted by atomic mass is 9.49. The van der Waals surface area contributed by atoms with Crippen molar-refractivity contribution in [1.82, 2.24) is 5.32 Å². The van der Waals surface area contributed by atoms with Gasteiger partial charge in [-0.3, -0.25) is 4.79 Å². The van der Waals surface area contributed by atoms with E-state index < -0.39 is 0 Å². The van der Waals surface area contributed by atoms with Gasteiger partial charge in [0.25, 0.3) is 0 Å². The molecule has 4 aliphatic rings. The van der Waals surface area contributed by atoms with Gasteiger partial charge in [-0.25, -0.2) is 0 Å². The molecule has 1 aromatic rings. The summed E-state index contributed by atoms with van der Waals surface area (Å²) in [6.45, 7) is 7.77. The smallest absolute Gasteiger partial charge is 0.226 e. The molecule has 0 spiro atoms. The Morgan fingerprint density at radius 3 is 2.08 bits per heavy atom. The summed E-state index contributed by atoms with van der Waals surface area (Å²) >= 11 is 0. The fourth-order valence-corrected chi connectivity index (χ4v) is 5.96. The standard InChI is InChI=1S/C23H33NO2/c1-22(2,3)19-4-6-20(7-5-19)26-9-8-24-21(25)23-13-16-10-17(14-23)12-18(11-16)15-23/h4-7,16-18H,8-15H2,1-3H3,(H,24,25). The van der Waals surface area contributed by atoms with Gasteiger partial charge >= 0.3 is 0 Å². The molecule has 0 unspecified atom stereocenters. The van der Waals surface area contributed by atoms with Crippen LogP contribution in [0.5, 0.6) is 5.75 Å². The minimum Gasteiger partial charge on any atom is -0.492 e. The number of hydrogen-bond donors (Lipinski definition) is 1. The van der Waals surface area contributed by atoms with Crippen LogP contribution in [0.4, 0.5) is 0 Å². The highest BCUT2D eigenvalue weighted by atomic mass is 16.5. The lowest BCUT2D eigenvalue weighted by molar-refractivity contribution is -0.146. The first kappa shape index (κ1) is 17.9. The van der Waals surface area contributed by atoms with E-state index in [1.165, 1.54) is 24.8 Å². The molecule has 5 rings (SSSR count). The molecule has 0 saturated heterocycles. The third-order valence-corrected chi connectivity index (χ3v) is 6.90. The highest BCUT2D eigenvalue weighted by Gasteiger charge is 2.54. The first-order valence-electron chi connectivity index (χ1n) is 10.4. The van der Waals surface area contributed by atoms with Gasteiger partial charge in [0.15, 0.2) is 0 Å². The number of carbonyl (C=O) groups is 1. The lowest BCUT2D eigenvalue weighted by Gasteiger charge is -2.55. The van der Waals surface area contributed by atoms with Gasteiger partial charge in [-0.05, 0) is 79.4 Å². The molecule has 3 nitrogen and oxygen atoms in total. The van der Waals surface area contributed by atoms with Gasteiger partial charge in [0.05, 0.1) is 6.54 Å². The number of nitrogens with one attached hydrogen (secondary N) is 1. The van der Waals surface area contributed by atoms with Crippen LogP contribution in [0.2, 0.25) is 0 Å². The van der Waals surface area contributed by atoms with E-state index in [-0.39, 0.29) is 10.8 Å². The van der Waals surface area contributed by atoms with E-state index in [4.69, 9.17) is 4.74 Å². The topological polar surface area (TPSA) is 38.3 Å². The Bertz CT molecular complexity index is 620. The van der Waals surface area contributed by atoms with Crippen LogP contribution in [-0.4, -0.2) is 19.1 Å². The van der Waals surface area contributed by atoms with Gasteiger partial charge in [0.2, 0.25) is 5.91 Å². The fourth-order valence-electron chi connectivity index (χ4n) is 5.96. The van der Waals surface area contributed by atoms with Gasteiger partial charge in [-0.1, -0.05) is 32.9 Å². The van der Waals surface area contributed by atoms with Gasteiger partial charge in [0.1, 0.15) is 12.4 Å². The second kappa shape index (κ2) is 6.58. The molecule has 4 bridgehead atoms. The van der Waals surface area contributed by atoms with Crippen molar-refractivity contribution < 1.29 is 9.53 Å². The second-order valence-corrected chi connectivity index (χ2v) is 10.1. The SMILES string of the molecule is CC(C)(C)c1ccc(OCCNC(=O)C23CC4CC(CC(C4)C2)C3)cc1. The number of hydrogen-bond acceptors (Lipinski definition) is 2. The summed E-state index contributed by atoms with van der Waals surface area (Å²) in [5, 5.41) is 3.18. The Labute approximate surface area is 157 Å². The van der Waals surface area contributed by atoms with Crippen LogP contribution < -0.4 is 10.1 Å². The summed E-state index contributed by atoms with van der Waals surface area (Å²) in [6.07, 6.45) is 7.50. The van der Waals surface area contributed by atoms with E-state index >= 15 is 0 Å². The minimum atomic E-state index is -0.0525. The van der Waals surface area contributed by atoms with Gasteiger partial charge < -0.3 is 10.1 Å². The number of benzene rings is 1. The highest BCUT2D eigenvalue weighted by molar-refractivity contribution is 5.83. The molecule has 0 atom stereocenters. The lowest BCUT2D eigenvalue weighted by Crippen LogP contribution is -2.54. The van der Waals surface area contributed by atoms with E-state index in [1.54, 1.807) is 0 Å². The molecule has 1 aromatic carbocycles. The molecule has 4 saturated carbocycles. The van der Waals surface area contributed by atoms with Crippen LogP contribution >= 0.6 is 0 Å². The number of carbonyl (C=O) groups excluding carboxylic acids is 1. The van der Waals surface area contributed by atoms with E-state index in [0.717, 1.165) is 42.8 Å². The molecule has 0 radical (unpaired) electrons. The molecule has 4 fully saturated rings. The molecular formula is C23H33NO2. The zero-order valence-corrected chi connectivity index (χ0v) is 16.5. The number of ether oxygens (including phenoxy) is 1. The van der Waals surface area contributed by atoms with Crippen LogP contribution in [0.15, 0.2) is 24.3 Å². The van der Waals surface area contributed by atoms with Crippen molar-refractivity contribution in [3.05, 3.63) is 29.8 Å². The van der Waals surface area contributed by atoms with E-state index in [9.17, 15) is 4.79 Å². The number of amides is 1. The summed E-state index contributed by atoms with van der Waals surface area (Å²) in [5.74, 6) is 3.60. The molecule has 0 aromatic heterocycles. The van der Waals surface area contributed by atoms with Crippen molar-refractivity contribution >= 4 is 5.91 Å². The highest BCUT2D eigenvalue weighted by Crippen LogP contribution is 2.60. The quantitative estimate of drug-likeness (QED) is 0.778. The van der Waals surface area contributed by atoms with Crippen molar-refractivity contribution in [1.29, 1.82) is 0 Å². The average molecular weight is 356 g/mol. The molecule has 26 heavy (non-hydrogen) atoms. The fraction of sp³-hybridized carbons (Fsp3) is 0.696. The van der Waals surface area contributed by atoms with Crippen molar-refractivity contribution in [2.45, 2.75) is 64.7 Å². The van der Waals surface area contributed by atoms with Crippen molar-refractivity contribution in [3.8, 4) is 5.75 Å². The van der Waals surface area contributed by atoms with E-state index in [2.05, 4.69) is 38.2 Å². The van der Waals surface area contributed by atoms with Crippen molar-refractivity contribution in [2.24, 2.45) is 23.2 Å². The Kier molecular flexibility index (Phi) is 4.53. The van der Waals surface area contributed by atoms with Crippen LogP contribution in [0.25, 0.3) is 0 Å². The summed E-state index contributed by atoms with van der Waals surface area (Å²) in [7, 11) is 0. The van der Waals surface area contributed by atoms with Crippen LogP contribution in [-0.2, 0) is 10.2 Å². The third-order valence-electron chi connectivity index (χ3n) is 6.90. The molecule has 1 amide bonds. The molecule has 0 aliphatic heterocycles. The minimum absolute atomic E-state index is 0.0525. The first-order valence-corrected chi connectivity index (χ1v) is 10.4. The van der Waals surface area contributed by atoms with Crippen molar-refractivity contribution in [2.75, 3.05) is 13.2 Å².